The van der Waals surface area contributed by atoms with E-state index in [0.29, 0.717) is 36.6 Å². The monoisotopic (exact) mass is 409 g/mol. The summed E-state index contributed by atoms with van der Waals surface area (Å²) in [6, 6.07) is 8.06. The van der Waals surface area contributed by atoms with Crippen molar-refractivity contribution < 1.29 is 13.9 Å². The summed E-state index contributed by atoms with van der Waals surface area (Å²) in [5.74, 6) is 0.0449. The molecule has 1 aromatic carbocycles. The maximum Gasteiger partial charge on any atom is 0.410 e. The average molecular weight is 409 g/mol. The number of hydrogen-bond donors (Lipinski definition) is 0. The topological polar surface area (TPSA) is 73.1 Å². The van der Waals surface area contributed by atoms with Crippen molar-refractivity contribution in [1.82, 2.24) is 24.6 Å². The van der Waals surface area contributed by atoms with Gasteiger partial charge in [0.05, 0.1) is 17.9 Å². The maximum absolute atomic E-state index is 13.8. The van der Waals surface area contributed by atoms with E-state index in [1.54, 1.807) is 21.7 Å². The van der Waals surface area contributed by atoms with E-state index in [4.69, 9.17) is 9.72 Å². The van der Waals surface area contributed by atoms with Crippen LogP contribution in [0.25, 0.3) is 22.8 Å². The lowest BCUT2D eigenvalue weighted by Gasteiger charge is -2.31. The molecule has 0 aliphatic carbocycles. The van der Waals surface area contributed by atoms with Crippen LogP contribution in [-0.4, -0.2) is 42.9 Å². The van der Waals surface area contributed by atoms with Crippen LogP contribution in [0.2, 0.25) is 0 Å². The van der Waals surface area contributed by atoms with Gasteiger partial charge in [-0.1, -0.05) is 12.1 Å². The molecule has 0 bridgehead atoms. The summed E-state index contributed by atoms with van der Waals surface area (Å²) in [6.07, 6.45) is 2.06. The van der Waals surface area contributed by atoms with E-state index in [1.807, 2.05) is 40.1 Å². The molecule has 3 aromatic rings. The van der Waals surface area contributed by atoms with Crippen molar-refractivity contribution in [1.29, 1.82) is 0 Å². The number of halogens is 1. The van der Waals surface area contributed by atoms with Gasteiger partial charge in [-0.3, -0.25) is 4.68 Å². The average Bonchev–Trinajstić information content (AvgIpc) is 3.11. The van der Waals surface area contributed by atoms with E-state index in [1.165, 1.54) is 12.1 Å². The third kappa shape index (κ3) is 4.17. The first kappa shape index (κ1) is 20.0. The summed E-state index contributed by atoms with van der Waals surface area (Å²) in [6.45, 7) is 6.32. The van der Waals surface area contributed by atoms with E-state index >= 15 is 0 Å². The van der Waals surface area contributed by atoms with Gasteiger partial charge in [-0.15, -0.1) is 0 Å². The predicted octanol–water partition coefficient (Wildman–Crippen LogP) is 3.98. The van der Waals surface area contributed by atoms with Gasteiger partial charge in [0.15, 0.2) is 5.82 Å². The molecule has 1 amide bonds. The van der Waals surface area contributed by atoms with Gasteiger partial charge in [0, 0.05) is 30.9 Å². The Morgan fingerprint density at radius 3 is 2.67 bits per heavy atom. The lowest BCUT2D eigenvalue weighted by atomic mass is 10.0. The fourth-order valence-electron chi connectivity index (χ4n) is 3.42. The van der Waals surface area contributed by atoms with Crippen LogP contribution >= 0.6 is 0 Å². The number of fused-ring (bicyclic) bond motifs is 1. The molecule has 30 heavy (non-hydrogen) atoms. The van der Waals surface area contributed by atoms with E-state index < -0.39 is 5.60 Å². The lowest BCUT2D eigenvalue weighted by molar-refractivity contribution is 0.0221. The zero-order chi connectivity index (χ0) is 21.5. The molecular formula is C22H24FN5O2. The predicted molar refractivity (Wildman–Crippen MR) is 110 cm³/mol. The molecule has 0 radical (unpaired) electrons. The van der Waals surface area contributed by atoms with Crippen molar-refractivity contribution >= 4 is 6.09 Å². The molecule has 3 heterocycles. The van der Waals surface area contributed by atoms with Gasteiger partial charge >= 0.3 is 6.09 Å². The highest BCUT2D eigenvalue weighted by molar-refractivity contribution is 5.70. The van der Waals surface area contributed by atoms with Crippen molar-refractivity contribution in [3.63, 3.8) is 0 Å². The largest absolute Gasteiger partial charge is 0.444 e. The van der Waals surface area contributed by atoms with Gasteiger partial charge in [-0.2, -0.15) is 5.10 Å². The molecule has 156 valence electrons. The highest BCUT2D eigenvalue weighted by Crippen LogP contribution is 2.30. The minimum Gasteiger partial charge on any atom is -0.444 e. The number of amides is 1. The van der Waals surface area contributed by atoms with E-state index in [0.717, 1.165) is 17.0 Å². The van der Waals surface area contributed by atoms with Crippen LogP contribution in [0.15, 0.2) is 36.5 Å². The van der Waals surface area contributed by atoms with Gasteiger partial charge in [0.2, 0.25) is 0 Å². The molecule has 1 aliphatic rings. The molecule has 7 nitrogen and oxygen atoms in total. The molecule has 1 aliphatic heterocycles. The number of nitrogens with zero attached hydrogens (tertiary/aromatic N) is 5. The number of carbonyl (C=O) groups is 1. The number of aromatic nitrogens is 4. The number of hydrogen-bond acceptors (Lipinski definition) is 5. The van der Waals surface area contributed by atoms with Crippen LogP contribution in [-0.2, 0) is 24.8 Å². The fourth-order valence-corrected chi connectivity index (χ4v) is 3.42. The SMILES string of the molecule is Cn1ccc(-c2nc(-c3cccc(F)c3)nc3c2CCN(C(=O)OC(C)(C)C)C3)n1. The van der Waals surface area contributed by atoms with Crippen LogP contribution < -0.4 is 0 Å². The van der Waals surface area contributed by atoms with Crippen LogP contribution in [0.5, 0.6) is 0 Å². The van der Waals surface area contributed by atoms with Crippen LogP contribution in [0.1, 0.15) is 32.0 Å². The number of carbonyl (C=O) groups excluding carboxylic acids is 1. The highest BCUT2D eigenvalue weighted by Gasteiger charge is 2.29. The smallest absolute Gasteiger partial charge is 0.410 e. The Morgan fingerprint density at radius 1 is 1.20 bits per heavy atom. The second-order valence-electron chi connectivity index (χ2n) is 8.36. The minimum absolute atomic E-state index is 0.301. The van der Waals surface area contributed by atoms with Crippen LogP contribution in [0, 0.1) is 5.82 Å². The second-order valence-corrected chi connectivity index (χ2v) is 8.36. The van der Waals surface area contributed by atoms with Crippen molar-refractivity contribution in [2.24, 2.45) is 7.05 Å². The molecule has 8 heteroatoms. The summed E-state index contributed by atoms with van der Waals surface area (Å²) in [7, 11) is 1.84. The number of rotatable bonds is 2. The Labute approximate surface area is 174 Å². The standard InChI is InChI=1S/C22H24FN5O2/c1-22(2,3)30-21(29)28-11-8-16-18(13-28)24-20(14-6-5-7-15(23)12-14)25-19(16)17-9-10-27(4)26-17/h5-7,9-10,12H,8,11,13H2,1-4H3. The third-order valence-electron chi connectivity index (χ3n) is 4.76. The van der Waals surface area contributed by atoms with Gasteiger partial charge in [0.25, 0.3) is 0 Å². The van der Waals surface area contributed by atoms with Crippen molar-refractivity contribution in [2.75, 3.05) is 6.54 Å². The zero-order valence-corrected chi connectivity index (χ0v) is 17.5. The summed E-state index contributed by atoms with van der Waals surface area (Å²) >= 11 is 0. The molecule has 0 fully saturated rings. The summed E-state index contributed by atoms with van der Waals surface area (Å²) < 4.78 is 21.0. The van der Waals surface area contributed by atoms with Gasteiger partial charge in [-0.05, 0) is 45.4 Å². The molecule has 0 spiro atoms. The Kier molecular flexibility index (Phi) is 5.01. The number of benzene rings is 1. The molecule has 0 unspecified atom stereocenters. The number of ether oxygens (including phenoxy) is 1. The van der Waals surface area contributed by atoms with Crippen molar-refractivity contribution in [3.8, 4) is 22.8 Å². The summed E-state index contributed by atoms with van der Waals surface area (Å²) in [5, 5.41) is 4.49. The Bertz CT molecular complexity index is 1100. The van der Waals surface area contributed by atoms with E-state index in [9.17, 15) is 9.18 Å². The lowest BCUT2D eigenvalue weighted by Crippen LogP contribution is -2.40. The van der Waals surface area contributed by atoms with Gasteiger partial charge in [-0.25, -0.2) is 19.2 Å². The first-order valence-corrected chi connectivity index (χ1v) is 9.83. The van der Waals surface area contributed by atoms with E-state index in [2.05, 4.69) is 10.1 Å². The fraction of sp³-hybridized carbons (Fsp3) is 0.364. The van der Waals surface area contributed by atoms with Crippen LogP contribution in [0.4, 0.5) is 9.18 Å². The summed E-state index contributed by atoms with van der Waals surface area (Å²) in [5.41, 5.74) is 3.11. The normalized spacial score (nSPS) is 13.8. The molecule has 0 atom stereocenters. The van der Waals surface area contributed by atoms with Crippen LogP contribution in [0.3, 0.4) is 0 Å². The van der Waals surface area contributed by atoms with Crippen molar-refractivity contribution in [3.05, 3.63) is 53.6 Å². The minimum atomic E-state index is -0.575. The number of aryl methyl sites for hydroxylation is 1. The molecule has 2 aromatic heterocycles. The third-order valence-corrected chi connectivity index (χ3v) is 4.76. The Hall–Kier alpha value is -3.29. The van der Waals surface area contributed by atoms with Gasteiger partial charge in [0.1, 0.15) is 17.1 Å². The second kappa shape index (κ2) is 7.51. The summed E-state index contributed by atoms with van der Waals surface area (Å²) in [4.78, 5) is 23.6. The quantitative estimate of drug-likeness (QED) is 0.640. The first-order valence-electron chi connectivity index (χ1n) is 9.83. The molecule has 0 saturated heterocycles. The zero-order valence-electron chi connectivity index (χ0n) is 17.5. The first-order chi connectivity index (χ1) is 14.2. The Morgan fingerprint density at radius 2 is 2.00 bits per heavy atom. The molecule has 0 N–H and O–H groups in total. The molecule has 0 saturated carbocycles. The maximum atomic E-state index is 13.8. The van der Waals surface area contributed by atoms with Gasteiger partial charge < -0.3 is 9.64 Å². The molecule has 4 rings (SSSR count). The Balaban J connectivity index is 1.77. The highest BCUT2D eigenvalue weighted by atomic mass is 19.1. The van der Waals surface area contributed by atoms with E-state index in [-0.39, 0.29) is 11.9 Å². The molecular weight excluding hydrogens is 385 g/mol. The van der Waals surface area contributed by atoms with Crippen molar-refractivity contribution in [2.45, 2.75) is 39.3 Å².